The third-order valence-corrected chi connectivity index (χ3v) is 2.13. The summed E-state index contributed by atoms with van der Waals surface area (Å²) < 4.78 is 31.2. The van der Waals surface area contributed by atoms with Crippen LogP contribution in [0.2, 0.25) is 0 Å². The zero-order valence-electron chi connectivity index (χ0n) is 8.69. The molecule has 0 aliphatic heterocycles. The van der Waals surface area contributed by atoms with Crippen molar-refractivity contribution in [2.45, 2.75) is 0 Å². The fraction of sp³-hybridized carbons (Fsp3) is 0. The molecule has 2 nitrogen and oxygen atoms in total. The van der Waals surface area contributed by atoms with Gasteiger partial charge >= 0.3 is 0 Å². The first-order valence-corrected chi connectivity index (χ1v) is 4.87. The third kappa shape index (κ3) is 2.66. The van der Waals surface area contributed by atoms with Crippen LogP contribution in [-0.2, 0) is 0 Å². The first-order valence-electron chi connectivity index (χ1n) is 4.87. The zero-order chi connectivity index (χ0) is 12.3. The maximum Gasteiger partial charge on any atom is 0.153 e. The van der Waals surface area contributed by atoms with E-state index in [9.17, 15) is 13.6 Å². The molecule has 2 rings (SSSR count). The Morgan fingerprint density at radius 1 is 1.00 bits per heavy atom. The van der Waals surface area contributed by atoms with Crippen molar-refractivity contribution < 1.29 is 18.3 Å². The van der Waals surface area contributed by atoms with Crippen LogP contribution in [0.1, 0.15) is 10.4 Å². The van der Waals surface area contributed by atoms with Crippen LogP contribution in [0.5, 0.6) is 11.5 Å². The maximum atomic E-state index is 13.0. The molecule has 0 saturated carbocycles. The quantitative estimate of drug-likeness (QED) is 0.759. The molecule has 4 heteroatoms. The molecule has 0 aliphatic carbocycles. The molecule has 0 aromatic heterocycles. The number of hydrogen-bond donors (Lipinski definition) is 0. The van der Waals surface area contributed by atoms with Gasteiger partial charge in [-0.05, 0) is 30.3 Å². The second-order valence-electron chi connectivity index (χ2n) is 3.36. The molecule has 0 bridgehead atoms. The van der Waals surface area contributed by atoms with Gasteiger partial charge in [-0.1, -0.05) is 6.07 Å². The average molecular weight is 234 g/mol. The number of halogens is 2. The highest BCUT2D eigenvalue weighted by atomic mass is 19.1. The van der Waals surface area contributed by atoms with Crippen molar-refractivity contribution in [2.75, 3.05) is 0 Å². The van der Waals surface area contributed by atoms with Gasteiger partial charge in [0.05, 0.1) is 5.56 Å². The van der Waals surface area contributed by atoms with Crippen LogP contribution in [0, 0.1) is 11.6 Å². The fourth-order valence-corrected chi connectivity index (χ4v) is 1.34. The van der Waals surface area contributed by atoms with Gasteiger partial charge in [0.2, 0.25) is 0 Å². The summed E-state index contributed by atoms with van der Waals surface area (Å²) in [6.45, 7) is 0. The van der Waals surface area contributed by atoms with Gasteiger partial charge in [0.1, 0.15) is 23.1 Å². The molecule has 0 N–H and O–H groups in total. The van der Waals surface area contributed by atoms with Crippen molar-refractivity contribution in [3.63, 3.8) is 0 Å². The summed E-state index contributed by atoms with van der Waals surface area (Å²) in [6.07, 6.45) is 0.397. The van der Waals surface area contributed by atoms with Crippen LogP contribution in [0.3, 0.4) is 0 Å². The summed E-state index contributed by atoms with van der Waals surface area (Å²) in [5, 5.41) is 0. The minimum Gasteiger partial charge on any atom is -0.457 e. The van der Waals surface area contributed by atoms with E-state index >= 15 is 0 Å². The Hall–Kier alpha value is -2.23. The number of hydrogen-bond acceptors (Lipinski definition) is 2. The number of aldehydes is 1. The van der Waals surface area contributed by atoms with Crippen LogP contribution in [0.25, 0.3) is 0 Å². The Bertz CT molecular complexity index is 553. The van der Waals surface area contributed by atoms with Crippen molar-refractivity contribution in [3.05, 3.63) is 59.7 Å². The van der Waals surface area contributed by atoms with E-state index in [4.69, 9.17) is 4.74 Å². The van der Waals surface area contributed by atoms with Crippen LogP contribution < -0.4 is 4.74 Å². The molecule has 17 heavy (non-hydrogen) atoms. The van der Waals surface area contributed by atoms with E-state index in [1.807, 2.05) is 0 Å². The molecule has 0 saturated heterocycles. The Morgan fingerprint density at radius 3 is 2.47 bits per heavy atom. The Labute approximate surface area is 96.5 Å². The van der Waals surface area contributed by atoms with Gasteiger partial charge in [-0.2, -0.15) is 0 Å². The van der Waals surface area contributed by atoms with Crippen LogP contribution in [0.15, 0.2) is 42.5 Å². The monoisotopic (exact) mass is 234 g/mol. The lowest BCUT2D eigenvalue weighted by atomic mass is 10.2. The standard InChI is InChI=1S/C13H8F2O2/c14-10-2-1-3-11(7-10)17-12-4-5-13(15)9(6-12)8-16/h1-8H. The van der Waals surface area contributed by atoms with Gasteiger partial charge in [-0.3, -0.25) is 4.79 Å². The first kappa shape index (κ1) is 11.3. The Morgan fingerprint density at radius 2 is 1.76 bits per heavy atom. The topological polar surface area (TPSA) is 26.3 Å². The number of benzene rings is 2. The lowest BCUT2D eigenvalue weighted by Crippen LogP contribution is -1.90. The molecule has 0 aliphatic rings. The summed E-state index contributed by atoms with van der Waals surface area (Å²) in [6, 6.07) is 9.29. The van der Waals surface area contributed by atoms with Gasteiger partial charge in [-0.25, -0.2) is 8.78 Å². The second-order valence-corrected chi connectivity index (χ2v) is 3.36. The lowest BCUT2D eigenvalue weighted by molar-refractivity contribution is 0.111. The molecule has 0 fully saturated rings. The SMILES string of the molecule is O=Cc1cc(Oc2cccc(F)c2)ccc1F. The molecular formula is C13H8F2O2. The number of carbonyl (C=O) groups excluding carboxylic acids is 1. The van der Waals surface area contributed by atoms with E-state index < -0.39 is 11.6 Å². The van der Waals surface area contributed by atoms with Gasteiger partial charge in [-0.15, -0.1) is 0 Å². The summed E-state index contributed by atoms with van der Waals surface area (Å²) >= 11 is 0. The molecule has 2 aromatic carbocycles. The number of carbonyl (C=O) groups is 1. The first-order chi connectivity index (χ1) is 8.19. The van der Waals surface area contributed by atoms with Crippen molar-refractivity contribution in [1.29, 1.82) is 0 Å². The van der Waals surface area contributed by atoms with Gasteiger partial charge in [0, 0.05) is 6.07 Å². The molecule has 0 atom stereocenters. The smallest absolute Gasteiger partial charge is 0.153 e. The van der Waals surface area contributed by atoms with Crippen LogP contribution >= 0.6 is 0 Å². The van der Waals surface area contributed by atoms with Crippen molar-refractivity contribution in [1.82, 2.24) is 0 Å². The number of ether oxygens (including phenoxy) is 1. The minimum atomic E-state index is -0.619. The fourth-order valence-electron chi connectivity index (χ4n) is 1.34. The van der Waals surface area contributed by atoms with E-state index in [-0.39, 0.29) is 17.1 Å². The molecule has 0 spiro atoms. The van der Waals surface area contributed by atoms with E-state index in [1.165, 1.54) is 30.3 Å². The summed E-state index contributed by atoms with van der Waals surface area (Å²) in [4.78, 5) is 10.5. The Balaban J connectivity index is 2.27. The van der Waals surface area contributed by atoms with Crippen molar-refractivity contribution in [2.24, 2.45) is 0 Å². The van der Waals surface area contributed by atoms with E-state index in [1.54, 1.807) is 6.07 Å². The lowest BCUT2D eigenvalue weighted by Gasteiger charge is -2.06. The second kappa shape index (κ2) is 4.74. The molecular weight excluding hydrogens is 226 g/mol. The molecule has 0 amide bonds. The van der Waals surface area contributed by atoms with Gasteiger partial charge in [0.15, 0.2) is 6.29 Å². The predicted octanol–water partition coefficient (Wildman–Crippen LogP) is 3.57. The normalized spacial score (nSPS) is 10.0. The van der Waals surface area contributed by atoms with Gasteiger partial charge < -0.3 is 4.74 Å². The minimum absolute atomic E-state index is 0.0982. The molecule has 86 valence electrons. The van der Waals surface area contributed by atoms with Crippen molar-refractivity contribution >= 4 is 6.29 Å². The summed E-state index contributed by atoms with van der Waals surface area (Å²) in [5.41, 5.74) is -0.0982. The average Bonchev–Trinajstić information content (AvgIpc) is 2.32. The molecule has 0 unspecified atom stereocenters. The highest BCUT2D eigenvalue weighted by Gasteiger charge is 2.04. The zero-order valence-corrected chi connectivity index (χ0v) is 8.69. The molecule has 2 aromatic rings. The van der Waals surface area contributed by atoms with E-state index in [0.717, 1.165) is 6.07 Å². The summed E-state index contributed by atoms with van der Waals surface area (Å²) in [5.74, 6) is -0.487. The van der Waals surface area contributed by atoms with E-state index in [0.29, 0.717) is 6.29 Å². The van der Waals surface area contributed by atoms with Gasteiger partial charge in [0.25, 0.3) is 0 Å². The summed E-state index contributed by atoms with van der Waals surface area (Å²) in [7, 11) is 0. The van der Waals surface area contributed by atoms with Crippen LogP contribution in [-0.4, -0.2) is 6.29 Å². The van der Waals surface area contributed by atoms with Crippen LogP contribution in [0.4, 0.5) is 8.78 Å². The van der Waals surface area contributed by atoms with E-state index in [2.05, 4.69) is 0 Å². The Kier molecular flexibility index (Phi) is 3.14. The highest BCUT2D eigenvalue weighted by Crippen LogP contribution is 2.23. The highest BCUT2D eigenvalue weighted by molar-refractivity contribution is 5.76. The maximum absolute atomic E-state index is 13.0. The molecule has 0 heterocycles. The predicted molar refractivity (Wildman–Crippen MR) is 58.3 cm³/mol. The van der Waals surface area contributed by atoms with Crippen molar-refractivity contribution in [3.8, 4) is 11.5 Å². The number of rotatable bonds is 3. The third-order valence-electron chi connectivity index (χ3n) is 2.13. The molecule has 0 radical (unpaired) electrons. The largest absolute Gasteiger partial charge is 0.457 e.